The molecule has 1 aliphatic carbocycles. The number of Topliss-reactive ketones (excluding diaryl/α,β-unsaturated/α-hetero) is 1. The van der Waals surface area contributed by atoms with E-state index in [-0.39, 0.29) is 5.41 Å². The predicted octanol–water partition coefficient (Wildman–Crippen LogP) is 3.47. The predicted molar refractivity (Wildman–Crippen MR) is 59.8 cm³/mol. The van der Waals surface area contributed by atoms with E-state index in [0.717, 1.165) is 12.0 Å². The van der Waals surface area contributed by atoms with E-state index in [0.29, 0.717) is 12.2 Å². The molecule has 0 bridgehead atoms. The van der Waals surface area contributed by atoms with Gasteiger partial charge in [-0.2, -0.15) is 0 Å². The molecule has 0 spiro atoms. The van der Waals surface area contributed by atoms with E-state index in [1.54, 1.807) is 0 Å². The highest BCUT2D eigenvalue weighted by Crippen LogP contribution is 2.39. The maximum absolute atomic E-state index is 11.6. The Labute approximate surface area is 86.9 Å². The molecule has 0 N–H and O–H groups in total. The second kappa shape index (κ2) is 4.12. The van der Waals surface area contributed by atoms with Crippen LogP contribution in [0.2, 0.25) is 0 Å². The van der Waals surface area contributed by atoms with Crippen LogP contribution in [0.4, 0.5) is 0 Å². The molecular formula is C13H19O. The second-order valence-corrected chi connectivity index (χ2v) is 4.54. The summed E-state index contributed by atoms with van der Waals surface area (Å²) < 4.78 is 0. The highest BCUT2D eigenvalue weighted by atomic mass is 16.1. The number of hydrogen-bond donors (Lipinski definition) is 0. The van der Waals surface area contributed by atoms with Crippen molar-refractivity contribution in [2.45, 2.75) is 40.5 Å². The SMILES string of the molecule is C[CH]/C=C/C1=C(C)C(=O)CCC1(C)C. The monoisotopic (exact) mass is 191 g/mol. The van der Waals surface area contributed by atoms with Crippen molar-refractivity contribution in [3.63, 3.8) is 0 Å². The Morgan fingerprint density at radius 3 is 2.57 bits per heavy atom. The number of allylic oxidation sites excluding steroid dienone is 4. The second-order valence-electron chi connectivity index (χ2n) is 4.54. The fraction of sp³-hybridized carbons (Fsp3) is 0.538. The highest BCUT2D eigenvalue weighted by molar-refractivity contribution is 5.97. The minimum Gasteiger partial charge on any atom is -0.295 e. The first kappa shape index (κ1) is 11.2. The summed E-state index contributed by atoms with van der Waals surface area (Å²) in [6.07, 6.45) is 7.75. The van der Waals surface area contributed by atoms with Crippen LogP contribution in [-0.4, -0.2) is 5.78 Å². The van der Waals surface area contributed by atoms with Gasteiger partial charge in [-0.3, -0.25) is 4.79 Å². The Hall–Kier alpha value is -0.850. The summed E-state index contributed by atoms with van der Waals surface area (Å²) in [4.78, 5) is 11.6. The third-order valence-corrected chi connectivity index (χ3v) is 2.98. The molecule has 0 unspecified atom stereocenters. The van der Waals surface area contributed by atoms with Crippen molar-refractivity contribution in [2.24, 2.45) is 5.41 Å². The van der Waals surface area contributed by atoms with Gasteiger partial charge in [-0.25, -0.2) is 0 Å². The molecule has 1 heteroatoms. The zero-order valence-corrected chi connectivity index (χ0v) is 9.55. The Morgan fingerprint density at radius 1 is 1.36 bits per heavy atom. The molecule has 0 aromatic carbocycles. The van der Waals surface area contributed by atoms with E-state index in [9.17, 15) is 4.79 Å². The highest BCUT2D eigenvalue weighted by Gasteiger charge is 2.30. The van der Waals surface area contributed by atoms with Crippen LogP contribution in [0.1, 0.15) is 40.5 Å². The molecule has 1 rings (SSSR count). The molecule has 0 saturated heterocycles. The zero-order valence-electron chi connectivity index (χ0n) is 9.55. The lowest BCUT2D eigenvalue weighted by Gasteiger charge is -2.32. The van der Waals surface area contributed by atoms with Crippen LogP contribution in [0.15, 0.2) is 23.3 Å². The minimum absolute atomic E-state index is 0.150. The molecular weight excluding hydrogens is 172 g/mol. The standard InChI is InChI=1S/C13H19O/c1-5-6-7-11-10(2)12(14)8-9-13(11,3)4/h5-7H,8-9H2,1-4H3/b7-6+. The van der Waals surface area contributed by atoms with Crippen LogP contribution in [-0.2, 0) is 4.79 Å². The summed E-state index contributed by atoms with van der Waals surface area (Å²) in [6.45, 7) is 8.35. The summed E-state index contributed by atoms with van der Waals surface area (Å²) in [7, 11) is 0. The zero-order chi connectivity index (χ0) is 10.8. The number of ketones is 1. The first-order valence-corrected chi connectivity index (χ1v) is 5.19. The van der Waals surface area contributed by atoms with E-state index in [4.69, 9.17) is 0 Å². The largest absolute Gasteiger partial charge is 0.295 e. The van der Waals surface area contributed by atoms with Gasteiger partial charge in [0.25, 0.3) is 0 Å². The van der Waals surface area contributed by atoms with Crippen LogP contribution >= 0.6 is 0 Å². The summed E-state index contributed by atoms with van der Waals surface area (Å²) >= 11 is 0. The quantitative estimate of drug-likeness (QED) is 0.653. The maximum Gasteiger partial charge on any atom is 0.158 e. The third-order valence-electron chi connectivity index (χ3n) is 2.98. The van der Waals surface area contributed by atoms with Gasteiger partial charge in [0.05, 0.1) is 0 Å². The number of hydrogen-bond acceptors (Lipinski definition) is 1. The van der Waals surface area contributed by atoms with Crippen LogP contribution in [0.5, 0.6) is 0 Å². The number of carbonyl (C=O) groups excluding carboxylic acids is 1. The fourth-order valence-corrected chi connectivity index (χ4v) is 1.95. The van der Waals surface area contributed by atoms with Gasteiger partial charge in [0.2, 0.25) is 0 Å². The summed E-state index contributed by atoms with van der Waals surface area (Å²) in [5.74, 6) is 0.306. The molecule has 1 aliphatic rings. The van der Waals surface area contributed by atoms with Crippen molar-refractivity contribution >= 4 is 5.78 Å². The Bertz CT molecular complexity index is 292. The summed E-state index contributed by atoms with van der Waals surface area (Å²) in [5.41, 5.74) is 2.29. The topological polar surface area (TPSA) is 17.1 Å². The molecule has 0 aliphatic heterocycles. The van der Waals surface area contributed by atoms with Crippen LogP contribution in [0.25, 0.3) is 0 Å². The molecule has 77 valence electrons. The molecule has 0 atom stereocenters. The minimum atomic E-state index is 0.150. The van der Waals surface area contributed by atoms with Crippen LogP contribution < -0.4 is 0 Å². The van der Waals surface area contributed by atoms with Crippen LogP contribution in [0.3, 0.4) is 0 Å². The Kier molecular flexibility index (Phi) is 3.30. The molecule has 0 fully saturated rings. The van der Waals surface area contributed by atoms with Gasteiger partial charge in [-0.05, 0) is 36.3 Å². The summed E-state index contributed by atoms with van der Waals surface area (Å²) in [5, 5.41) is 0. The normalized spacial score (nSPS) is 22.1. The molecule has 1 nitrogen and oxygen atoms in total. The molecule has 0 amide bonds. The van der Waals surface area contributed by atoms with Gasteiger partial charge in [-0.15, -0.1) is 0 Å². The Balaban J connectivity index is 3.08. The van der Waals surface area contributed by atoms with Crippen molar-refractivity contribution in [3.05, 3.63) is 29.7 Å². The molecule has 0 aromatic heterocycles. The number of carbonyl (C=O) groups is 1. The lowest BCUT2D eigenvalue weighted by Crippen LogP contribution is -2.24. The van der Waals surface area contributed by atoms with Crippen molar-refractivity contribution < 1.29 is 4.79 Å². The smallest absolute Gasteiger partial charge is 0.158 e. The van der Waals surface area contributed by atoms with Gasteiger partial charge in [-0.1, -0.05) is 32.9 Å². The third kappa shape index (κ3) is 2.14. The average molecular weight is 191 g/mol. The first-order valence-electron chi connectivity index (χ1n) is 5.19. The molecule has 0 aromatic rings. The van der Waals surface area contributed by atoms with Gasteiger partial charge in [0.1, 0.15) is 0 Å². The molecule has 1 radical (unpaired) electrons. The van der Waals surface area contributed by atoms with Crippen LogP contribution in [0, 0.1) is 11.8 Å². The fourth-order valence-electron chi connectivity index (χ4n) is 1.95. The lowest BCUT2D eigenvalue weighted by atomic mass is 9.72. The van der Waals surface area contributed by atoms with Gasteiger partial charge >= 0.3 is 0 Å². The maximum atomic E-state index is 11.6. The van der Waals surface area contributed by atoms with E-state index in [1.807, 2.05) is 26.3 Å². The van der Waals surface area contributed by atoms with Gasteiger partial charge in [0, 0.05) is 6.42 Å². The average Bonchev–Trinajstić information content (AvgIpc) is 2.12. The Morgan fingerprint density at radius 2 is 2.00 bits per heavy atom. The van der Waals surface area contributed by atoms with Crippen molar-refractivity contribution in [1.29, 1.82) is 0 Å². The number of rotatable bonds is 2. The summed E-state index contributed by atoms with van der Waals surface area (Å²) in [6, 6.07) is 0. The molecule has 0 saturated carbocycles. The van der Waals surface area contributed by atoms with Gasteiger partial charge in [0.15, 0.2) is 5.78 Å². The van der Waals surface area contributed by atoms with E-state index in [1.165, 1.54) is 5.57 Å². The first-order chi connectivity index (χ1) is 6.49. The lowest BCUT2D eigenvalue weighted by molar-refractivity contribution is -0.116. The van der Waals surface area contributed by atoms with E-state index < -0.39 is 0 Å². The molecule has 0 heterocycles. The van der Waals surface area contributed by atoms with Gasteiger partial charge < -0.3 is 0 Å². The van der Waals surface area contributed by atoms with E-state index >= 15 is 0 Å². The van der Waals surface area contributed by atoms with Crippen molar-refractivity contribution in [3.8, 4) is 0 Å². The van der Waals surface area contributed by atoms with Crippen molar-refractivity contribution in [1.82, 2.24) is 0 Å². The van der Waals surface area contributed by atoms with E-state index in [2.05, 4.69) is 19.9 Å². The van der Waals surface area contributed by atoms with Crippen molar-refractivity contribution in [2.75, 3.05) is 0 Å². The molecule has 14 heavy (non-hydrogen) atoms.